The summed E-state index contributed by atoms with van der Waals surface area (Å²) in [6.45, 7) is 7.73. The Bertz CT molecular complexity index is 1020. The lowest BCUT2D eigenvalue weighted by atomic mass is 10.0. The van der Waals surface area contributed by atoms with Crippen LogP contribution >= 0.6 is 0 Å². The maximum atomic E-state index is 12.6. The van der Waals surface area contributed by atoms with E-state index in [9.17, 15) is 9.59 Å². The van der Waals surface area contributed by atoms with Crippen molar-refractivity contribution in [2.75, 3.05) is 19.8 Å². The minimum Gasteiger partial charge on any atom is -0.463 e. The Morgan fingerprint density at radius 3 is 0.953 bits per heavy atom. The number of carbonyl (C=O) groups excluding carboxylic acids is 2. The molecule has 0 fully saturated rings. The molecule has 0 saturated carbocycles. The summed E-state index contributed by atoms with van der Waals surface area (Å²) < 4.78 is 17.5. The highest BCUT2D eigenvalue weighted by molar-refractivity contribution is 5.69. The zero-order valence-electron chi connectivity index (χ0n) is 43.3. The lowest BCUT2D eigenvalue weighted by Gasteiger charge is -2.18. The number of hydrogen-bond acceptors (Lipinski definition) is 5. The fourth-order valence-corrected chi connectivity index (χ4v) is 8.34. The van der Waals surface area contributed by atoms with Crippen LogP contribution in [-0.4, -0.2) is 37.9 Å². The summed E-state index contributed by atoms with van der Waals surface area (Å²) in [6, 6.07) is 0. The molecule has 64 heavy (non-hydrogen) atoms. The minimum atomic E-state index is -0.403. The minimum absolute atomic E-state index is 0.153. The van der Waals surface area contributed by atoms with Gasteiger partial charge in [-0.25, -0.2) is 0 Å². The fourth-order valence-electron chi connectivity index (χ4n) is 8.34. The van der Waals surface area contributed by atoms with Crippen molar-refractivity contribution in [3.05, 3.63) is 36.5 Å². The van der Waals surface area contributed by atoms with Crippen LogP contribution in [0.25, 0.3) is 0 Å². The van der Waals surface area contributed by atoms with Gasteiger partial charge in [0.2, 0.25) is 0 Å². The predicted molar refractivity (Wildman–Crippen MR) is 279 cm³/mol. The van der Waals surface area contributed by atoms with E-state index in [4.69, 9.17) is 14.2 Å². The molecule has 0 aliphatic rings. The smallest absolute Gasteiger partial charge is 0.305 e. The summed E-state index contributed by atoms with van der Waals surface area (Å²) in [5.74, 6) is -0.340. The van der Waals surface area contributed by atoms with Crippen molar-refractivity contribution in [2.45, 2.75) is 309 Å². The molecule has 376 valence electrons. The van der Waals surface area contributed by atoms with Gasteiger partial charge in [-0.3, -0.25) is 9.59 Å². The average molecular weight is 900 g/mol. The van der Waals surface area contributed by atoms with Gasteiger partial charge in [0.25, 0.3) is 0 Å². The highest BCUT2D eigenvalue weighted by atomic mass is 16.6. The van der Waals surface area contributed by atoms with Crippen molar-refractivity contribution < 1.29 is 23.8 Å². The molecule has 0 aliphatic carbocycles. The van der Waals surface area contributed by atoms with Crippen LogP contribution in [0.3, 0.4) is 0 Å². The van der Waals surface area contributed by atoms with Crippen molar-refractivity contribution >= 4 is 11.9 Å². The van der Waals surface area contributed by atoms with E-state index >= 15 is 0 Å². The Kier molecular flexibility index (Phi) is 53.8. The van der Waals surface area contributed by atoms with Gasteiger partial charge < -0.3 is 14.2 Å². The maximum Gasteiger partial charge on any atom is 0.305 e. The van der Waals surface area contributed by atoms with Crippen molar-refractivity contribution in [1.82, 2.24) is 0 Å². The van der Waals surface area contributed by atoms with E-state index in [0.717, 1.165) is 57.8 Å². The molecule has 0 bridgehead atoms. The molecule has 5 heteroatoms. The first-order valence-corrected chi connectivity index (χ1v) is 28.5. The van der Waals surface area contributed by atoms with Gasteiger partial charge in [0.05, 0.1) is 0 Å². The first kappa shape index (κ1) is 62.1. The molecule has 0 spiro atoms. The number of rotatable bonds is 53. The summed E-state index contributed by atoms with van der Waals surface area (Å²) >= 11 is 0. The van der Waals surface area contributed by atoms with Gasteiger partial charge in [-0.15, -0.1) is 0 Å². The number of ether oxygens (including phenoxy) is 3. The molecule has 0 rings (SSSR count). The van der Waals surface area contributed by atoms with Gasteiger partial charge in [0.15, 0.2) is 0 Å². The lowest BCUT2D eigenvalue weighted by molar-refractivity contribution is -0.155. The molecule has 0 heterocycles. The molecular formula is C59H110O5. The standard InChI is InChI=1S/C59H110O5/c1-4-7-10-13-16-19-22-25-28-30-32-35-38-41-44-47-50-53-59(61)64-56-57(62-54-51-48-45-42-39-36-33-29-26-23-20-17-14-11-8-5-2)55-63-58(60)52-49-46-43-40-37-34-31-27-24-21-18-15-12-9-6-3/h18,21,25,27-28,31,57H,4-17,19-20,22-24,26,29-30,32-56H2,1-3H3/b21-18-,28-25-,31-27-/t57-/m1/s1. The first-order valence-electron chi connectivity index (χ1n) is 28.5. The van der Waals surface area contributed by atoms with Gasteiger partial charge in [-0.2, -0.15) is 0 Å². The number of allylic oxidation sites excluding steroid dienone is 6. The largest absolute Gasteiger partial charge is 0.463 e. The third kappa shape index (κ3) is 52.7. The predicted octanol–water partition coefficient (Wildman–Crippen LogP) is 19.4. The van der Waals surface area contributed by atoms with Crippen molar-refractivity contribution in [1.29, 1.82) is 0 Å². The van der Waals surface area contributed by atoms with E-state index in [-0.39, 0.29) is 25.2 Å². The van der Waals surface area contributed by atoms with E-state index < -0.39 is 6.10 Å². The topological polar surface area (TPSA) is 61.8 Å². The monoisotopic (exact) mass is 899 g/mol. The van der Waals surface area contributed by atoms with Crippen LogP contribution in [0.5, 0.6) is 0 Å². The number of unbranched alkanes of at least 4 members (excludes halogenated alkanes) is 36. The van der Waals surface area contributed by atoms with E-state index in [2.05, 4.69) is 57.2 Å². The Hall–Kier alpha value is -1.88. The maximum absolute atomic E-state index is 12.6. The summed E-state index contributed by atoms with van der Waals surface area (Å²) in [7, 11) is 0. The van der Waals surface area contributed by atoms with Crippen LogP contribution in [0.2, 0.25) is 0 Å². The zero-order valence-corrected chi connectivity index (χ0v) is 43.3. The molecular weight excluding hydrogens is 789 g/mol. The Morgan fingerprint density at radius 2 is 0.594 bits per heavy atom. The molecule has 0 aromatic carbocycles. The number of carbonyl (C=O) groups is 2. The molecule has 0 unspecified atom stereocenters. The quantitative estimate of drug-likeness (QED) is 0.0346. The summed E-state index contributed by atoms with van der Waals surface area (Å²) in [6.07, 6.45) is 67.5. The van der Waals surface area contributed by atoms with Gasteiger partial charge in [0.1, 0.15) is 19.3 Å². The van der Waals surface area contributed by atoms with E-state index in [0.29, 0.717) is 19.4 Å². The number of esters is 2. The van der Waals surface area contributed by atoms with Crippen LogP contribution in [0.4, 0.5) is 0 Å². The van der Waals surface area contributed by atoms with Crippen LogP contribution in [0.15, 0.2) is 36.5 Å². The lowest BCUT2D eigenvalue weighted by Crippen LogP contribution is -2.29. The Morgan fingerprint density at radius 1 is 0.328 bits per heavy atom. The van der Waals surface area contributed by atoms with E-state index in [1.54, 1.807) is 0 Å². The molecule has 0 radical (unpaired) electrons. The van der Waals surface area contributed by atoms with Gasteiger partial charge in [-0.1, -0.05) is 250 Å². The van der Waals surface area contributed by atoms with Crippen LogP contribution in [0, 0.1) is 0 Å². The van der Waals surface area contributed by atoms with Gasteiger partial charge in [-0.05, 0) is 77.0 Å². The molecule has 1 atom stereocenters. The van der Waals surface area contributed by atoms with Crippen LogP contribution < -0.4 is 0 Å². The summed E-state index contributed by atoms with van der Waals surface area (Å²) in [4.78, 5) is 25.3. The van der Waals surface area contributed by atoms with E-state index in [1.165, 1.54) is 212 Å². The average Bonchev–Trinajstić information content (AvgIpc) is 3.30. The van der Waals surface area contributed by atoms with Gasteiger partial charge in [0, 0.05) is 19.4 Å². The van der Waals surface area contributed by atoms with Gasteiger partial charge >= 0.3 is 11.9 Å². The second-order valence-corrected chi connectivity index (χ2v) is 19.2. The highest BCUT2D eigenvalue weighted by Crippen LogP contribution is 2.16. The molecule has 0 aromatic heterocycles. The first-order chi connectivity index (χ1) is 31.6. The summed E-state index contributed by atoms with van der Waals surface area (Å²) in [5, 5.41) is 0. The molecule has 5 nitrogen and oxygen atoms in total. The fraction of sp³-hybridized carbons (Fsp3) is 0.864. The molecule has 0 aromatic rings. The van der Waals surface area contributed by atoms with Crippen LogP contribution in [0.1, 0.15) is 303 Å². The van der Waals surface area contributed by atoms with E-state index in [1.807, 2.05) is 0 Å². The molecule has 0 aliphatic heterocycles. The molecule has 0 amide bonds. The summed E-state index contributed by atoms with van der Waals surface area (Å²) in [5.41, 5.74) is 0. The molecule has 0 N–H and O–H groups in total. The van der Waals surface area contributed by atoms with Crippen molar-refractivity contribution in [2.24, 2.45) is 0 Å². The third-order valence-corrected chi connectivity index (χ3v) is 12.7. The Labute approximate surface area is 400 Å². The third-order valence-electron chi connectivity index (χ3n) is 12.7. The highest BCUT2D eigenvalue weighted by Gasteiger charge is 2.16. The Balaban J connectivity index is 4.25. The number of hydrogen-bond donors (Lipinski definition) is 0. The zero-order chi connectivity index (χ0) is 46.3. The van der Waals surface area contributed by atoms with Crippen molar-refractivity contribution in [3.63, 3.8) is 0 Å². The van der Waals surface area contributed by atoms with Crippen LogP contribution in [-0.2, 0) is 23.8 Å². The normalized spacial score (nSPS) is 12.4. The van der Waals surface area contributed by atoms with Crippen molar-refractivity contribution in [3.8, 4) is 0 Å². The molecule has 0 saturated heterocycles. The second kappa shape index (κ2) is 55.4. The second-order valence-electron chi connectivity index (χ2n) is 19.2. The SMILES string of the molecule is CCCCC/C=C\C/C=C\CCCCCCCC(=O)OC[C@H](COC(=O)CCCCCCCCC/C=C\CCCCCCCC)OCCCCCCCCCCCCCCCCCC.